The number of fused-ring (bicyclic) bond motifs is 1. The fourth-order valence-corrected chi connectivity index (χ4v) is 1.34. The molecule has 0 fully saturated rings. The molecule has 3 heteroatoms. The topological polar surface area (TPSA) is 42.9 Å². The summed E-state index contributed by atoms with van der Waals surface area (Å²) in [4.78, 5) is 10.5. The van der Waals surface area contributed by atoms with Crippen LogP contribution in [0.5, 0.6) is 0 Å². The molecule has 1 heterocycles. The molecule has 1 aliphatic carbocycles. The van der Waals surface area contributed by atoms with Gasteiger partial charge in [0.1, 0.15) is 6.29 Å². The zero-order valence-corrected chi connectivity index (χ0v) is 6.53. The Morgan fingerprint density at radius 3 is 2.75 bits per heavy atom. The summed E-state index contributed by atoms with van der Waals surface area (Å²) >= 11 is 0. The smallest absolute Gasteiger partial charge is 0.146 e. The van der Waals surface area contributed by atoms with E-state index in [0.29, 0.717) is 6.42 Å². The van der Waals surface area contributed by atoms with E-state index in [2.05, 4.69) is 10.2 Å². The molecule has 1 aliphatic rings. The van der Waals surface area contributed by atoms with E-state index < -0.39 is 0 Å². The Hall–Kier alpha value is -1.51. The summed E-state index contributed by atoms with van der Waals surface area (Å²) in [5.74, 6) is 0. The SMILES string of the molecule is O=CC1=CCc2cnncc2C1. The van der Waals surface area contributed by atoms with Crippen molar-refractivity contribution >= 4 is 6.29 Å². The van der Waals surface area contributed by atoms with Crippen LogP contribution < -0.4 is 0 Å². The summed E-state index contributed by atoms with van der Waals surface area (Å²) in [7, 11) is 0. The predicted molar refractivity (Wildman–Crippen MR) is 43.6 cm³/mol. The number of carbonyl (C=O) groups is 1. The fraction of sp³-hybridized carbons (Fsp3) is 0.222. The van der Waals surface area contributed by atoms with Crippen molar-refractivity contribution in [2.45, 2.75) is 12.8 Å². The minimum absolute atomic E-state index is 0.703. The van der Waals surface area contributed by atoms with Gasteiger partial charge in [0.05, 0.1) is 12.4 Å². The molecule has 1 aromatic rings. The van der Waals surface area contributed by atoms with Crippen molar-refractivity contribution in [3.8, 4) is 0 Å². The quantitative estimate of drug-likeness (QED) is 0.568. The van der Waals surface area contributed by atoms with Crippen molar-refractivity contribution in [1.82, 2.24) is 10.2 Å². The lowest BCUT2D eigenvalue weighted by atomic mass is 9.95. The van der Waals surface area contributed by atoms with Crippen LogP contribution in [0.3, 0.4) is 0 Å². The number of aromatic nitrogens is 2. The van der Waals surface area contributed by atoms with Gasteiger partial charge < -0.3 is 0 Å². The average Bonchev–Trinajstić information content (AvgIpc) is 2.17. The van der Waals surface area contributed by atoms with Crippen LogP contribution in [0.1, 0.15) is 11.1 Å². The maximum atomic E-state index is 10.5. The van der Waals surface area contributed by atoms with Crippen LogP contribution in [0, 0.1) is 0 Å². The largest absolute Gasteiger partial charge is 0.298 e. The van der Waals surface area contributed by atoms with Crippen LogP contribution in [-0.2, 0) is 17.6 Å². The average molecular weight is 160 g/mol. The molecule has 3 nitrogen and oxygen atoms in total. The van der Waals surface area contributed by atoms with Crippen molar-refractivity contribution in [3.05, 3.63) is 35.2 Å². The monoisotopic (exact) mass is 160 g/mol. The number of carbonyl (C=O) groups excluding carboxylic acids is 1. The highest BCUT2D eigenvalue weighted by Gasteiger charge is 2.09. The van der Waals surface area contributed by atoms with E-state index in [0.717, 1.165) is 23.8 Å². The van der Waals surface area contributed by atoms with E-state index >= 15 is 0 Å². The summed E-state index contributed by atoms with van der Waals surface area (Å²) in [5.41, 5.74) is 3.14. The third-order valence-corrected chi connectivity index (χ3v) is 2.04. The first-order valence-electron chi connectivity index (χ1n) is 3.83. The first-order valence-corrected chi connectivity index (χ1v) is 3.83. The first kappa shape index (κ1) is 7.16. The molecule has 0 aliphatic heterocycles. The molecule has 0 radical (unpaired) electrons. The van der Waals surface area contributed by atoms with Crippen LogP contribution in [0.25, 0.3) is 0 Å². The minimum Gasteiger partial charge on any atom is -0.298 e. The number of aldehydes is 1. The number of hydrogen-bond donors (Lipinski definition) is 0. The number of rotatable bonds is 1. The highest BCUT2D eigenvalue weighted by atomic mass is 16.1. The molecule has 0 N–H and O–H groups in total. The van der Waals surface area contributed by atoms with Crippen molar-refractivity contribution in [2.75, 3.05) is 0 Å². The summed E-state index contributed by atoms with van der Waals surface area (Å²) in [6, 6.07) is 0. The number of hydrogen-bond acceptors (Lipinski definition) is 3. The summed E-state index contributed by atoms with van der Waals surface area (Å²) < 4.78 is 0. The lowest BCUT2D eigenvalue weighted by Gasteiger charge is -2.11. The van der Waals surface area contributed by atoms with E-state index in [1.165, 1.54) is 5.56 Å². The predicted octanol–water partition coefficient (Wildman–Crippen LogP) is 0.700. The lowest BCUT2D eigenvalue weighted by Crippen LogP contribution is -2.05. The van der Waals surface area contributed by atoms with Gasteiger partial charge in [0, 0.05) is 6.42 Å². The zero-order valence-electron chi connectivity index (χ0n) is 6.53. The Kier molecular flexibility index (Phi) is 1.70. The Labute approximate surface area is 70.1 Å². The van der Waals surface area contributed by atoms with E-state index in [9.17, 15) is 4.79 Å². The van der Waals surface area contributed by atoms with Gasteiger partial charge in [-0.3, -0.25) is 4.79 Å². The molecule has 1 aromatic heterocycles. The summed E-state index contributed by atoms with van der Waals surface area (Å²) in [6.07, 6.45) is 7.84. The van der Waals surface area contributed by atoms with Crippen LogP contribution >= 0.6 is 0 Å². The highest BCUT2D eigenvalue weighted by molar-refractivity contribution is 5.75. The summed E-state index contributed by atoms with van der Waals surface area (Å²) in [6.45, 7) is 0. The normalized spacial score (nSPS) is 14.8. The standard InChI is InChI=1S/C9H8N2O/c12-6-7-1-2-8-4-10-11-5-9(8)3-7/h1,4-6H,2-3H2. The van der Waals surface area contributed by atoms with Crippen molar-refractivity contribution in [2.24, 2.45) is 0 Å². The minimum atomic E-state index is 0.703. The van der Waals surface area contributed by atoms with Gasteiger partial charge in [-0.2, -0.15) is 10.2 Å². The fourth-order valence-electron chi connectivity index (χ4n) is 1.34. The second-order valence-electron chi connectivity index (χ2n) is 2.82. The van der Waals surface area contributed by atoms with Gasteiger partial charge in [0.25, 0.3) is 0 Å². The second kappa shape index (κ2) is 2.85. The lowest BCUT2D eigenvalue weighted by molar-refractivity contribution is -0.105. The molecule has 0 atom stereocenters. The van der Waals surface area contributed by atoms with Crippen molar-refractivity contribution < 1.29 is 4.79 Å². The Morgan fingerprint density at radius 2 is 2.00 bits per heavy atom. The maximum Gasteiger partial charge on any atom is 0.146 e. The molecule has 0 saturated carbocycles. The van der Waals surface area contributed by atoms with Gasteiger partial charge >= 0.3 is 0 Å². The third kappa shape index (κ3) is 1.13. The first-order chi connectivity index (χ1) is 5.90. The highest BCUT2D eigenvalue weighted by Crippen LogP contribution is 2.17. The van der Waals surface area contributed by atoms with Gasteiger partial charge in [-0.1, -0.05) is 6.08 Å². The third-order valence-electron chi connectivity index (χ3n) is 2.04. The maximum absolute atomic E-state index is 10.5. The molecule has 0 spiro atoms. The van der Waals surface area contributed by atoms with E-state index in [1.807, 2.05) is 6.08 Å². The molecule has 12 heavy (non-hydrogen) atoms. The van der Waals surface area contributed by atoms with Crippen LogP contribution in [0.15, 0.2) is 24.0 Å². The number of nitrogens with zero attached hydrogens (tertiary/aromatic N) is 2. The Balaban J connectivity index is 2.36. The van der Waals surface area contributed by atoms with Crippen LogP contribution in [0.2, 0.25) is 0 Å². The van der Waals surface area contributed by atoms with Gasteiger partial charge in [-0.05, 0) is 23.1 Å². The molecular formula is C9H8N2O. The molecule has 0 saturated heterocycles. The van der Waals surface area contributed by atoms with Crippen molar-refractivity contribution in [1.29, 1.82) is 0 Å². The van der Waals surface area contributed by atoms with E-state index in [-0.39, 0.29) is 0 Å². The van der Waals surface area contributed by atoms with Crippen LogP contribution in [-0.4, -0.2) is 16.5 Å². The van der Waals surface area contributed by atoms with Crippen molar-refractivity contribution in [3.63, 3.8) is 0 Å². The molecule has 60 valence electrons. The Morgan fingerprint density at radius 1 is 1.25 bits per heavy atom. The molecule has 0 bridgehead atoms. The van der Waals surface area contributed by atoms with Gasteiger partial charge in [-0.15, -0.1) is 0 Å². The van der Waals surface area contributed by atoms with Crippen LogP contribution in [0.4, 0.5) is 0 Å². The number of allylic oxidation sites excluding steroid dienone is 2. The second-order valence-corrected chi connectivity index (χ2v) is 2.82. The molecule has 0 aromatic carbocycles. The summed E-state index contributed by atoms with van der Waals surface area (Å²) in [5, 5.41) is 7.55. The molecular weight excluding hydrogens is 152 g/mol. The van der Waals surface area contributed by atoms with Gasteiger partial charge in [-0.25, -0.2) is 0 Å². The van der Waals surface area contributed by atoms with Gasteiger partial charge in [0.2, 0.25) is 0 Å². The zero-order chi connectivity index (χ0) is 8.39. The molecule has 2 rings (SSSR count). The van der Waals surface area contributed by atoms with E-state index in [4.69, 9.17) is 0 Å². The molecule has 0 amide bonds. The Bertz CT molecular complexity index is 344. The molecule has 0 unspecified atom stereocenters. The van der Waals surface area contributed by atoms with Gasteiger partial charge in [0.15, 0.2) is 0 Å². The van der Waals surface area contributed by atoms with E-state index in [1.54, 1.807) is 12.4 Å².